The molecule has 0 spiro atoms. The number of amides is 1. The molecule has 5 nitrogen and oxygen atoms in total. The third-order valence-corrected chi connectivity index (χ3v) is 2.49. The van der Waals surface area contributed by atoms with E-state index in [0.29, 0.717) is 11.1 Å². The molecule has 2 aromatic heterocycles. The van der Waals surface area contributed by atoms with Crippen LogP contribution in [0.3, 0.4) is 0 Å². The number of hydrogen-bond donors (Lipinski definition) is 2. The number of primary amides is 1. The van der Waals surface area contributed by atoms with Crippen molar-refractivity contribution in [1.29, 1.82) is 0 Å². The van der Waals surface area contributed by atoms with Gasteiger partial charge in [-0.05, 0) is 19.9 Å². The highest BCUT2D eigenvalue weighted by atomic mass is 16.3. The summed E-state index contributed by atoms with van der Waals surface area (Å²) in [4.78, 5) is 11.1. The number of aromatic nitrogens is 2. The molecule has 0 radical (unpaired) electrons. The van der Waals surface area contributed by atoms with Crippen LogP contribution in [-0.2, 0) is 5.60 Å². The van der Waals surface area contributed by atoms with E-state index in [1.54, 1.807) is 32.2 Å². The molecule has 16 heavy (non-hydrogen) atoms. The normalized spacial score (nSPS) is 11.9. The van der Waals surface area contributed by atoms with Gasteiger partial charge >= 0.3 is 0 Å². The van der Waals surface area contributed by atoms with E-state index in [-0.39, 0.29) is 0 Å². The van der Waals surface area contributed by atoms with E-state index < -0.39 is 11.5 Å². The van der Waals surface area contributed by atoms with Crippen LogP contribution in [0.5, 0.6) is 0 Å². The highest BCUT2D eigenvalue weighted by Crippen LogP contribution is 2.21. The van der Waals surface area contributed by atoms with Gasteiger partial charge in [0.2, 0.25) is 0 Å². The van der Waals surface area contributed by atoms with E-state index in [9.17, 15) is 9.90 Å². The van der Waals surface area contributed by atoms with Gasteiger partial charge in [0.15, 0.2) is 0 Å². The van der Waals surface area contributed by atoms with Crippen LogP contribution in [0.2, 0.25) is 0 Å². The maximum Gasteiger partial charge on any atom is 0.252 e. The molecule has 0 unspecified atom stereocenters. The summed E-state index contributed by atoms with van der Waals surface area (Å²) >= 11 is 0. The average molecular weight is 219 g/mol. The van der Waals surface area contributed by atoms with Crippen molar-refractivity contribution in [1.82, 2.24) is 9.61 Å². The van der Waals surface area contributed by atoms with E-state index in [4.69, 9.17) is 5.73 Å². The molecule has 2 aromatic rings. The molecule has 0 fully saturated rings. The van der Waals surface area contributed by atoms with Crippen molar-refractivity contribution in [3.63, 3.8) is 0 Å². The lowest BCUT2D eigenvalue weighted by Crippen LogP contribution is -2.16. The summed E-state index contributed by atoms with van der Waals surface area (Å²) in [7, 11) is 0. The Bertz CT molecular complexity index is 552. The molecule has 0 saturated carbocycles. The van der Waals surface area contributed by atoms with Crippen LogP contribution >= 0.6 is 0 Å². The summed E-state index contributed by atoms with van der Waals surface area (Å²) in [6, 6.07) is 3.48. The number of rotatable bonds is 2. The zero-order chi connectivity index (χ0) is 11.9. The summed E-state index contributed by atoms with van der Waals surface area (Å²) in [5.74, 6) is -0.508. The molecule has 2 heterocycles. The number of aliphatic hydroxyl groups is 1. The van der Waals surface area contributed by atoms with Gasteiger partial charge in [-0.3, -0.25) is 4.79 Å². The van der Waals surface area contributed by atoms with Gasteiger partial charge in [0, 0.05) is 11.8 Å². The first-order valence-corrected chi connectivity index (χ1v) is 4.89. The zero-order valence-corrected chi connectivity index (χ0v) is 9.14. The second-order valence-corrected chi connectivity index (χ2v) is 4.23. The fourth-order valence-electron chi connectivity index (χ4n) is 1.54. The van der Waals surface area contributed by atoms with Crippen molar-refractivity contribution in [2.45, 2.75) is 19.4 Å². The van der Waals surface area contributed by atoms with Gasteiger partial charge in [-0.1, -0.05) is 6.07 Å². The molecule has 0 aliphatic carbocycles. The maximum absolute atomic E-state index is 11.1. The Morgan fingerprint density at radius 3 is 2.75 bits per heavy atom. The smallest absolute Gasteiger partial charge is 0.252 e. The van der Waals surface area contributed by atoms with Gasteiger partial charge in [-0.25, -0.2) is 4.52 Å². The van der Waals surface area contributed by atoms with Gasteiger partial charge < -0.3 is 10.8 Å². The van der Waals surface area contributed by atoms with Crippen LogP contribution in [0.4, 0.5) is 0 Å². The molecular weight excluding hydrogens is 206 g/mol. The maximum atomic E-state index is 11.1. The molecule has 2 rings (SSSR count). The van der Waals surface area contributed by atoms with Crippen LogP contribution in [0.15, 0.2) is 24.5 Å². The highest BCUT2D eigenvalue weighted by molar-refractivity contribution is 5.99. The largest absolute Gasteiger partial charge is 0.386 e. The lowest BCUT2D eigenvalue weighted by Gasteiger charge is -2.17. The monoisotopic (exact) mass is 219 g/mol. The minimum Gasteiger partial charge on any atom is -0.386 e. The number of pyridine rings is 1. The van der Waals surface area contributed by atoms with Crippen LogP contribution in [0.1, 0.15) is 29.8 Å². The van der Waals surface area contributed by atoms with E-state index in [0.717, 1.165) is 5.56 Å². The average Bonchev–Trinajstić information content (AvgIpc) is 2.58. The Hall–Kier alpha value is -1.88. The molecular formula is C11H13N3O2. The molecule has 3 N–H and O–H groups in total. The first-order chi connectivity index (χ1) is 7.39. The van der Waals surface area contributed by atoms with Crippen LogP contribution in [0, 0.1) is 0 Å². The second kappa shape index (κ2) is 3.31. The predicted molar refractivity (Wildman–Crippen MR) is 59.0 cm³/mol. The van der Waals surface area contributed by atoms with Gasteiger partial charge in [0.05, 0.1) is 22.9 Å². The highest BCUT2D eigenvalue weighted by Gasteiger charge is 2.17. The number of carbonyl (C=O) groups excluding carboxylic acids is 1. The van der Waals surface area contributed by atoms with Crippen LogP contribution < -0.4 is 5.73 Å². The SMILES string of the molecule is CC(C)(O)c1ccc2c(C(N)=O)cnn2c1. The van der Waals surface area contributed by atoms with Gasteiger partial charge in [-0.2, -0.15) is 5.10 Å². The van der Waals surface area contributed by atoms with Crippen molar-refractivity contribution in [2.24, 2.45) is 5.73 Å². The topological polar surface area (TPSA) is 80.6 Å². The second-order valence-electron chi connectivity index (χ2n) is 4.23. The van der Waals surface area contributed by atoms with Gasteiger partial charge in [-0.15, -0.1) is 0 Å². The molecule has 84 valence electrons. The van der Waals surface area contributed by atoms with Crippen molar-refractivity contribution < 1.29 is 9.90 Å². The third-order valence-electron chi connectivity index (χ3n) is 2.49. The summed E-state index contributed by atoms with van der Waals surface area (Å²) in [5, 5.41) is 13.9. The molecule has 5 heteroatoms. The van der Waals surface area contributed by atoms with Crippen molar-refractivity contribution in [2.75, 3.05) is 0 Å². The first kappa shape index (κ1) is 10.6. The summed E-state index contributed by atoms with van der Waals surface area (Å²) in [6.45, 7) is 3.37. The lowest BCUT2D eigenvalue weighted by molar-refractivity contribution is 0.0780. The van der Waals surface area contributed by atoms with E-state index in [1.165, 1.54) is 10.7 Å². The quantitative estimate of drug-likeness (QED) is 0.778. The van der Waals surface area contributed by atoms with Crippen molar-refractivity contribution in [3.8, 4) is 0 Å². The minimum atomic E-state index is -0.937. The predicted octanol–water partition coefficient (Wildman–Crippen LogP) is 0.661. The number of nitrogens with zero attached hydrogens (tertiary/aromatic N) is 2. The number of hydrogen-bond acceptors (Lipinski definition) is 3. The number of fused-ring (bicyclic) bond motifs is 1. The Balaban J connectivity index is 2.62. The van der Waals surface area contributed by atoms with E-state index in [2.05, 4.69) is 5.10 Å². The Morgan fingerprint density at radius 2 is 2.19 bits per heavy atom. The summed E-state index contributed by atoms with van der Waals surface area (Å²) < 4.78 is 1.54. The van der Waals surface area contributed by atoms with Gasteiger partial charge in [0.25, 0.3) is 5.91 Å². The molecule has 0 atom stereocenters. The zero-order valence-electron chi connectivity index (χ0n) is 9.14. The third kappa shape index (κ3) is 1.65. The van der Waals surface area contributed by atoms with E-state index in [1.807, 2.05) is 0 Å². The minimum absolute atomic E-state index is 0.377. The molecule has 0 bridgehead atoms. The molecule has 0 aliphatic heterocycles. The standard InChI is InChI=1S/C11H13N3O2/c1-11(2,16)7-3-4-9-8(10(12)15)5-13-14(9)6-7/h3-6,16H,1-2H3,(H2,12,15). The number of nitrogens with two attached hydrogens (primary N) is 1. The Labute approximate surface area is 92.5 Å². The Morgan fingerprint density at radius 1 is 1.50 bits per heavy atom. The van der Waals surface area contributed by atoms with Crippen molar-refractivity contribution in [3.05, 3.63) is 35.7 Å². The van der Waals surface area contributed by atoms with Crippen molar-refractivity contribution >= 4 is 11.4 Å². The molecule has 0 saturated heterocycles. The summed E-state index contributed by atoms with van der Waals surface area (Å²) in [6.07, 6.45) is 3.10. The Kier molecular flexibility index (Phi) is 2.20. The lowest BCUT2D eigenvalue weighted by atomic mass is 10.0. The van der Waals surface area contributed by atoms with Gasteiger partial charge in [0.1, 0.15) is 0 Å². The summed E-state index contributed by atoms with van der Waals surface area (Å²) in [5.41, 5.74) is 6.01. The van der Waals surface area contributed by atoms with Crippen LogP contribution in [-0.4, -0.2) is 20.6 Å². The number of carbonyl (C=O) groups is 1. The van der Waals surface area contributed by atoms with E-state index >= 15 is 0 Å². The van der Waals surface area contributed by atoms with Crippen LogP contribution in [0.25, 0.3) is 5.52 Å². The molecule has 0 aliphatic rings. The fourth-order valence-corrected chi connectivity index (χ4v) is 1.54. The first-order valence-electron chi connectivity index (χ1n) is 4.89. The molecule has 0 aromatic carbocycles. The molecule has 1 amide bonds. The fraction of sp³-hybridized carbons (Fsp3) is 0.273.